The second-order valence-electron chi connectivity index (χ2n) is 13.7. The second-order valence-corrected chi connectivity index (χ2v) is 15.6. The number of hydrogen-bond acceptors (Lipinski definition) is 7. The average molecular weight is 681 g/mol. The number of sulfonamides is 1. The molecule has 11 nitrogen and oxygen atoms in total. The first-order valence-electron chi connectivity index (χ1n) is 16.1. The number of urea groups is 1. The number of carbonyl (C=O) groups excluding carboxylic acids is 2. The van der Waals surface area contributed by atoms with Crippen molar-refractivity contribution in [1.82, 2.24) is 19.1 Å². The SMILES string of the molecule is CC(C)(C)c1cc(NC(=O)Nc2ccc(OCCc3cccnc3)c3ccccc23)n(-c2ccc(CN3C(C)(C)C(=O)CS3(=O)=O)cc2)n1. The van der Waals surface area contributed by atoms with Gasteiger partial charge in [-0.1, -0.05) is 63.2 Å². The number of ketones is 1. The number of benzene rings is 3. The molecule has 0 aliphatic carbocycles. The lowest BCUT2D eigenvalue weighted by atomic mass is 9.92. The third kappa shape index (κ3) is 7.20. The molecule has 1 aliphatic rings. The van der Waals surface area contributed by atoms with E-state index >= 15 is 0 Å². The van der Waals surface area contributed by atoms with Gasteiger partial charge >= 0.3 is 6.03 Å². The van der Waals surface area contributed by atoms with Crippen LogP contribution in [0.1, 0.15) is 51.4 Å². The number of nitrogens with zero attached hydrogens (tertiary/aromatic N) is 4. The van der Waals surface area contributed by atoms with Crippen molar-refractivity contribution in [3.8, 4) is 11.4 Å². The van der Waals surface area contributed by atoms with E-state index in [0.717, 1.165) is 39.8 Å². The Morgan fingerprint density at radius 1 is 0.939 bits per heavy atom. The van der Waals surface area contributed by atoms with Crippen LogP contribution in [0.25, 0.3) is 16.5 Å². The van der Waals surface area contributed by atoms with Crippen LogP contribution < -0.4 is 15.4 Å². The van der Waals surface area contributed by atoms with Crippen molar-refractivity contribution in [2.75, 3.05) is 23.0 Å². The molecule has 1 saturated heterocycles. The number of aromatic nitrogens is 3. The van der Waals surface area contributed by atoms with Gasteiger partial charge in [0.15, 0.2) is 5.78 Å². The Labute approximate surface area is 286 Å². The molecule has 254 valence electrons. The minimum Gasteiger partial charge on any atom is -0.493 e. The van der Waals surface area contributed by atoms with E-state index in [9.17, 15) is 18.0 Å². The Balaban J connectivity index is 1.20. The largest absolute Gasteiger partial charge is 0.493 e. The molecule has 0 spiro atoms. The lowest BCUT2D eigenvalue weighted by Crippen LogP contribution is -2.43. The van der Waals surface area contributed by atoms with Gasteiger partial charge in [0.1, 0.15) is 17.3 Å². The summed E-state index contributed by atoms with van der Waals surface area (Å²) in [5.74, 6) is 0.375. The highest BCUT2D eigenvalue weighted by Crippen LogP contribution is 2.33. The normalized spacial score (nSPS) is 15.7. The summed E-state index contributed by atoms with van der Waals surface area (Å²) < 4.78 is 34.4. The van der Waals surface area contributed by atoms with E-state index < -0.39 is 27.3 Å². The quantitative estimate of drug-likeness (QED) is 0.182. The first-order chi connectivity index (χ1) is 23.2. The Bertz CT molecular complexity index is 2120. The maximum Gasteiger partial charge on any atom is 0.324 e. The molecule has 6 rings (SSSR count). The van der Waals surface area contributed by atoms with Crippen molar-refractivity contribution in [3.63, 3.8) is 0 Å². The molecule has 2 N–H and O–H groups in total. The first kappa shape index (κ1) is 33.8. The number of carbonyl (C=O) groups is 2. The molecule has 3 heterocycles. The zero-order chi connectivity index (χ0) is 35.0. The summed E-state index contributed by atoms with van der Waals surface area (Å²) in [6, 6.07) is 24.0. The Morgan fingerprint density at radius 3 is 2.33 bits per heavy atom. The number of rotatable bonds is 9. The van der Waals surface area contributed by atoms with Crippen LogP contribution in [-0.2, 0) is 33.2 Å². The molecule has 2 aromatic heterocycles. The van der Waals surface area contributed by atoms with Gasteiger partial charge in [-0.2, -0.15) is 9.40 Å². The van der Waals surface area contributed by atoms with Crippen LogP contribution in [-0.4, -0.2) is 57.2 Å². The van der Waals surface area contributed by atoms with E-state index in [1.165, 1.54) is 4.31 Å². The number of Topliss-reactive ketones (excluding diaryl/α,β-unsaturated/α-hetero) is 1. The summed E-state index contributed by atoms with van der Waals surface area (Å²) in [5.41, 5.74) is 2.47. The number of anilines is 2. The van der Waals surface area contributed by atoms with Gasteiger partial charge in [0, 0.05) is 47.6 Å². The summed E-state index contributed by atoms with van der Waals surface area (Å²) in [6.45, 7) is 9.94. The summed E-state index contributed by atoms with van der Waals surface area (Å²) in [7, 11) is -3.69. The van der Waals surface area contributed by atoms with Gasteiger partial charge in [-0.15, -0.1) is 0 Å². The molecule has 12 heteroatoms. The van der Waals surface area contributed by atoms with E-state index in [-0.39, 0.29) is 17.7 Å². The maximum atomic E-state index is 13.5. The third-order valence-corrected chi connectivity index (χ3v) is 10.6. The molecule has 1 fully saturated rings. The molecule has 0 radical (unpaired) electrons. The number of pyridine rings is 1. The molecule has 2 amide bonds. The Kier molecular flexibility index (Phi) is 9.03. The monoisotopic (exact) mass is 680 g/mol. The van der Waals surface area contributed by atoms with Gasteiger partial charge in [0.2, 0.25) is 10.0 Å². The highest BCUT2D eigenvalue weighted by molar-refractivity contribution is 7.90. The third-order valence-electron chi connectivity index (χ3n) is 8.68. The second kappa shape index (κ2) is 13.1. The zero-order valence-electron chi connectivity index (χ0n) is 28.2. The number of amides is 2. The Hall–Kier alpha value is -5.07. The van der Waals surface area contributed by atoms with Crippen LogP contribution in [0.5, 0.6) is 5.75 Å². The van der Waals surface area contributed by atoms with Crippen molar-refractivity contribution >= 4 is 44.1 Å². The van der Waals surface area contributed by atoms with Crippen LogP contribution in [0, 0.1) is 0 Å². The summed E-state index contributed by atoms with van der Waals surface area (Å²) in [4.78, 5) is 30.0. The molecule has 0 saturated carbocycles. The molecule has 3 aromatic carbocycles. The van der Waals surface area contributed by atoms with Crippen molar-refractivity contribution in [1.29, 1.82) is 0 Å². The smallest absolute Gasteiger partial charge is 0.324 e. The fourth-order valence-electron chi connectivity index (χ4n) is 5.75. The van der Waals surface area contributed by atoms with E-state index in [0.29, 0.717) is 23.8 Å². The van der Waals surface area contributed by atoms with Gasteiger partial charge in [-0.25, -0.2) is 17.9 Å². The van der Waals surface area contributed by atoms with Gasteiger partial charge in [0.25, 0.3) is 0 Å². The van der Waals surface area contributed by atoms with E-state index in [2.05, 4.69) is 15.6 Å². The van der Waals surface area contributed by atoms with Gasteiger partial charge in [0.05, 0.1) is 29.2 Å². The van der Waals surface area contributed by atoms with Crippen LogP contribution >= 0.6 is 0 Å². The summed E-state index contributed by atoms with van der Waals surface area (Å²) >= 11 is 0. The lowest BCUT2D eigenvalue weighted by molar-refractivity contribution is -0.122. The van der Waals surface area contributed by atoms with Crippen LogP contribution in [0.4, 0.5) is 16.3 Å². The van der Waals surface area contributed by atoms with Crippen LogP contribution in [0.2, 0.25) is 0 Å². The number of ether oxygens (including phenoxy) is 1. The molecule has 49 heavy (non-hydrogen) atoms. The van der Waals surface area contributed by atoms with Crippen LogP contribution in [0.15, 0.2) is 91.3 Å². The number of fused-ring (bicyclic) bond motifs is 1. The highest BCUT2D eigenvalue weighted by Gasteiger charge is 2.50. The maximum absolute atomic E-state index is 13.5. The van der Waals surface area contributed by atoms with Gasteiger partial charge < -0.3 is 10.1 Å². The molecular formula is C37H40N6O5S. The summed E-state index contributed by atoms with van der Waals surface area (Å²) in [5, 5.41) is 12.5. The Morgan fingerprint density at radius 2 is 1.67 bits per heavy atom. The van der Waals surface area contributed by atoms with Gasteiger partial charge in [-0.05, 0) is 55.3 Å². The van der Waals surface area contributed by atoms with Gasteiger partial charge in [-0.3, -0.25) is 15.1 Å². The minimum atomic E-state index is -3.69. The molecular weight excluding hydrogens is 641 g/mol. The lowest BCUT2D eigenvalue weighted by Gasteiger charge is -2.28. The molecule has 0 atom stereocenters. The van der Waals surface area contributed by atoms with E-state index in [4.69, 9.17) is 9.84 Å². The zero-order valence-corrected chi connectivity index (χ0v) is 29.0. The topological polar surface area (TPSA) is 136 Å². The molecule has 0 unspecified atom stereocenters. The molecule has 0 bridgehead atoms. The van der Waals surface area contributed by atoms with E-state index in [1.54, 1.807) is 36.9 Å². The fraction of sp³-hybridized carbons (Fsp3) is 0.297. The molecule has 5 aromatic rings. The fourth-order valence-corrected chi connectivity index (χ4v) is 7.73. The first-order valence-corrected chi connectivity index (χ1v) is 17.7. The van der Waals surface area contributed by atoms with Crippen molar-refractivity contribution in [3.05, 3.63) is 108 Å². The van der Waals surface area contributed by atoms with Crippen molar-refractivity contribution in [2.45, 2.75) is 58.5 Å². The number of nitrogens with one attached hydrogen (secondary N) is 2. The van der Waals surface area contributed by atoms with E-state index in [1.807, 2.05) is 93.7 Å². The minimum absolute atomic E-state index is 0.0729. The van der Waals surface area contributed by atoms with Crippen molar-refractivity contribution < 1.29 is 22.7 Å². The highest BCUT2D eigenvalue weighted by atomic mass is 32.2. The predicted molar refractivity (Wildman–Crippen MR) is 191 cm³/mol. The van der Waals surface area contributed by atoms with Crippen molar-refractivity contribution in [2.24, 2.45) is 0 Å². The van der Waals surface area contributed by atoms with Crippen LogP contribution in [0.3, 0.4) is 0 Å². The predicted octanol–water partition coefficient (Wildman–Crippen LogP) is 6.48. The molecule has 1 aliphatic heterocycles. The standard InChI is InChI=1S/C37H40N6O5S/c1-36(2,3)32-21-34(43(41-32)27-14-12-26(13-15-27)23-42-37(4,5)33(44)24-49(42,46)47)40-35(45)39-30-16-17-31(29-11-7-6-10-28(29)30)48-20-18-25-9-8-19-38-22-25/h6-17,19,21-22H,18,20,23-24H2,1-5H3,(H2,39,40,45). The average Bonchev–Trinajstić information content (AvgIpc) is 3.55. The number of hydrogen-bond donors (Lipinski definition) is 2. The summed E-state index contributed by atoms with van der Waals surface area (Å²) in [6.07, 6.45) is 4.29.